The molecule has 0 aromatic rings. The average Bonchev–Trinajstić information content (AvgIpc) is 1.99. The smallest absolute Gasteiger partial charge is 0.0694 e. The van der Waals surface area contributed by atoms with Gasteiger partial charge in [-0.2, -0.15) is 0 Å². The lowest BCUT2D eigenvalue weighted by Gasteiger charge is -2.11. The van der Waals surface area contributed by atoms with Gasteiger partial charge in [-0.3, -0.25) is 0 Å². The fourth-order valence-electron chi connectivity index (χ4n) is 0.671. The minimum Gasteiger partial charge on any atom is -0.377 e. The van der Waals surface area contributed by atoms with Gasteiger partial charge in [0.2, 0.25) is 0 Å². The highest BCUT2D eigenvalue weighted by molar-refractivity contribution is 4.65. The third-order valence-corrected chi connectivity index (χ3v) is 1.39. The van der Waals surface area contributed by atoms with E-state index in [0.29, 0.717) is 6.54 Å². The molecule has 1 atom stereocenters. The Morgan fingerprint density at radius 3 is 2.80 bits per heavy atom. The lowest BCUT2D eigenvalue weighted by molar-refractivity contribution is 0.0600. The molecule has 0 aromatic heterocycles. The van der Waals surface area contributed by atoms with E-state index in [2.05, 4.69) is 13.5 Å². The summed E-state index contributed by atoms with van der Waals surface area (Å²) in [4.78, 5) is 0. The molecule has 0 saturated heterocycles. The second-order valence-corrected chi connectivity index (χ2v) is 2.21. The SMILES string of the molecule is C=CCCOC(CC)CN. The van der Waals surface area contributed by atoms with Crippen molar-refractivity contribution in [2.45, 2.75) is 25.9 Å². The van der Waals surface area contributed by atoms with E-state index in [-0.39, 0.29) is 6.10 Å². The van der Waals surface area contributed by atoms with Crippen molar-refractivity contribution >= 4 is 0 Å². The van der Waals surface area contributed by atoms with E-state index < -0.39 is 0 Å². The minimum atomic E-state index is 0.236. The van der Waals surface area contributed by atoms with Crippen LogP contribution in [0.5, 0.6) is 0 Å². The van der Waals surface area contributed by atoms with Crippen molar-refractivity contribution in [3.05, 3.63) is 12.7 Å². The first-order valence-electron chi connectivity index (χ1n) is 3.77. The van der Waals surface area contributed by atoms with Gasteiger partial charge in [-0.25, -0.2) is 0 Å². The summed E-state index contributed by atoms with van der Waals surface area (Å²) in [6, 6.07) is 0. The van der Waals surface area contributed by atoms with Gasteiger partial charge >= 0.3 is 0 Å². The highest BCUT2D eigenvalue weighted by atomic mass is 16.5. The maximum atomic E-state index is 5.41. The quantitative estimate of drug-likeness (QED) is 0.449. The molecule has 0 heterocycles. The first-order valence-corrected chi connectivity index (χ1v) is 3.77. The van der Waals surface area contributed by atoms with Crippen LogP contribution >= 0.6 is 0 Å². The van der Waals surface area contributed by atoms with Crippen molar-refractivity contribution < 1.29 is 4.74 Å². The second kappa shape index (κ2) is 6.78. The molecule has 0 rings (SSSR count). The molecule has 10 heavy (non-hydrogen) atoms. The van der Waals surface area contributed by atoms with Crippen molar-refractivity contribution in [1.29, 1.82) is 0 Å². The summed E-state index contributed by atoms with van der Waals surface area (Å²) in [6.07, 6.45) is 3.99. The van der Waals surface area contributed by atoms with Gasteiger partial charge in [0.25, 0.3) is 0 Å². The Kier molecular flexibility index (Phi) is 6.55. The van der Waals surface area contributed by atoms with E-state index in [4.69, 9.17) is 10.5 Å². The molecule has 60 valence electrons. The average molecular weight is 143 g/mol. The van der Waals surface area contributed by atoms with Gasteiger partial charge < -0.3 is 10.5 Å². The molecule has 0 aliphatic carbocycles. The summed E-state index contributed by atoms with van der Waals surface area (Å²) in [5, 5.41) is 0. The second-order valence-electron chi connectivity index (χ2n) is 2.21. The third-order valence-electron chi connectivity index (χ3n) is 1.39. The van der Waals surface area contributed by atoms with Crippen LogP contribution in [0.3, 0.4) is 0 Å². The Morgan fingerprint density at radius 1 is 1.70 bits per heavy atom. The standard InChI is InChI=1S/C8H17NO/c1-3-5-6-10-8(4-2)7-9/h3,8H,1,4-7,9H2,2H3. The van der Waals surface area contributed by atoms with Crippen LogP contribution in [0.2, 0.25) is 0 Å². The topological polar surface area (TPSA) is 35.2 Å². The Morgan fingerprint density at radius 2 is 2.40 bits per heavy atom. The van der Waals surface area contributed by atoms with Gasteiger partial charge in [0.05, 0.1) is 12.7 Å². The molecular formula is C8H17NO. The Bertz CT molecular complexity index is 79.3. The number of ether oxygens (including phenoxy) is 1. The Hall–Kier alpha value is -0.340. The lowest BCUT2D eigenvalue weighted by Crippen LogP contribution is -2.23. The summed E-state index contributed by atoms with van der Waals surface area (Å²) in [6.45, 7) is 7.04. The molecule has 0 fully saturated rings. The van der Waals surface area contributed by atoms with Gasteiger partial charge in [-0.1, -0.05) is 13.0 Å². The molecule has 2 N–H and O–H groups in total. The maximum Gasteiger partial charge on any atom is 0.0694 e. The molecule has 2 nitrogen and oxygen atoms in total. The maximum absolute atomic E-state index is 5.41. The van der Waals surface area contributed by atoms with E-state index in [1.165, 1.54) is 0 Å². The van der Waals surface area contributed by atoms with Gasteiger partial charge in [0.15, 0.2) is 0 Å². The zero-order valence-electron chi connectivity index (χ0n) is 6.68. The molecule has 0 spiro atoms. The minimum absolute atomic E-state index is 0.236. The lowest BCUT2D eigenvalue weighted by atomic mass is 10.3. The molecule has 0 amide bonds. The molecular weight excluding hydrogens is 126 g/mol. The Balaban J connectivity index is 3.16. The molecule has 0 aromatic carbocycles. The van der Waals surface area contributed by atoms with Crippen molar-refractivity contribution in [2.24, 2.45) is 5.73 Å². The van der Waals surface area contributed by atoms with Crippen LogP contribution in [-0.2, 0) is 4.74 Å². The summed E-state index contributed by atoms with van der Waals surface area (Å²) in [7, 11) is 0. The van der Waals surface area contributed by atoms with Crippen molar-refractivity contribution in [3.8, 4) is 0 Å². The molecule has 0 radical (unpaired) electrons. The van der Waals surface area contributed by atoms with Crippen LogP contribution in [-0.4, -0.2) is 19.3 Å². The van der Waals surface area contributed by atoms with Crippen LogP contribution in [0.25, 0.3) is 0 Å². The fourth-order valence-corrected chi connectivity index (χ4v) is 0.671. The predicted octanol–water partition coefficient (Wildman–Crippen LogP) is 1.32. The largest absolute Gasteiger partial charge is 0.377 e. The van der Waals surface area contributed by atoms with Gasteiger partial charge in [0.1, 0.15) is 0 Å². The molecule has 1 unspecified atom stereocenters. The predicted molar refractivity (Wildman–Crippen MR) is 43.9 cm³/mol. The van der Waals surface area contributed by atoms with E-state index in [9.17, 15) is 0 Å². The zero-order valence-corrected chi connectivity index (χ0v) is 6.68. The summed E-state index contributed by atoms with van der Waals surface area (Å²) >= 11 is 0. The number of hydrogen-bond acceptors (Lipinski definition) is 2. The zero-order chi connectivity index (χ0) is 7.82. The monoisotopic (exact) mass is 143 g/mol. The van der Waals surface area contributed by atoms with Gasteiger partial charge in [0, 0.05) is 6.54 Å². The molecule has 0 bridgehead atoms. The van der Waals surface area contributed by atoms with Crippen LogP contribution in [0.1, 0.15) is 19.8 Å². The van der Waals surface area contributed by atoms with Crippen LogP contribution in [0.15, 0.2) is 12.7 Å². The van der Waals surface area contributed by atoms with Crippen LogP contribution in [0.4, 0.5) is 0 Å². The van der Waals surface area contributed by atoms with Crippen molar-refractivity contribution in [3.63, 3.8) is 0 Å². The molecule has 0 saturated carbocycles. The van der Waals surface area contributed by atoms with E-state index >= 15 is 0 Å². The van der Waals surface area contributed by atoms with Crippen molar-refractivity contribution in [1.82, 2.24) is 0 Å². The molecule has 0 aliphatic rings. The van der Waals surface area contributed by atoms with Crippen LogP contribution in [0, 0.1) is 0 Å². The number of hydrogen-bond donors (Lipinski definition) is 1. The van der Waals surface area contributed by atoms with Crippen molar-refractivity contribution in [2.75, 3.05) is 13.2 Å². The number of nitrogens with two attached hydrogens (primary N) is 1. The normalized spacial score (nSPS) is 13.0. The summed E-state index contributed by atoms with van der Waals surface area (Å²) < 4.78 is 5.38. The Labute approximate surface area is 63.1 Å². The third kappa shape index (κ3) is 4.53. The fraction of sp³-hybridized carbons (Fsp3) is 0.750. The van der Waals surface area contributed by atoms with Crippen LogP contribution < -0.4 is 5.73 Å². The molecule has 0 aliphatic heterocycles. The van der Waals surface area contributed by atoms with E-state index in [1.54, 1.807) is 0 Å². The van der Waals surface area contributed by atoms with E-state index in [1.807, 2.05) is 6.08 Å². The van der Waals surface area contributed by atoms with E-state index in [0.717, 1.165) is 19.4 Å². The van der Waals surface area contributed by atoms with Gasteiger partial charge in [-0.15, -0.1) is 6.58 Å². The first-order chi connectivity index (χ1) is 4.85. The summed E-state index contributed by atoms with van der Waals surface area (Å²) in [5.41, 5.74) is 5.41. The highest BCUT2D eigenvalue weighted by Crippen LogP contribution is 1.96. The summed E-state index contributed by atoms with van der Waals surface area (Å²) in [5.74, 6) is 0. The number of rotatable bonds is 6. The molecule has 2 heteroatoms. The first kappa shape index (κ1) is 9.66. The highest BCUT2D eigenvalue weighted by Gasteiger charge is 2.00. The van der Waals surface area contributed by atoms with Gasteiger partial charge in [-0.05, 0) is 12.8 Å².